The summed E-state index contributed by atoms with van der Waals surface area (Å²) in [5.41, 5.74) is 0.136. The van der Waals surface area contributed by atoms with Crippen LogP contribution in [0.3, 0.4) is 0 Å². The standard InChI is InChI=1S/C20H31NO12/c1-7(2)19(28)30-6-10-12(23)15(11(8(3)31-10)21-9(4)22)32-20-14(25)13(24)16(29-5)17(33-20)18(26)27/h8,10-17,20,23-25H,1,6H2,2-5H3,(H,21,22)(H,26,27)/t8?,10?,11-,12-,13-,14+,15-,16+,17?,20?/m1/s1. The maximum Gasteiger partial charge on any atom is 0.335 e. The average Bonchev–Trinajstić information content (AvgIpc) is 2.73. The highest BCUT2D eigenvalue weighted by Crippen LogP contribution is 2.30. The van der Waals surface area contributed by atoms with Crippen LogP contribution < -0.4 is 5.32 Å². The van der Waals surface area contributed by atoms with Gasteiger partial charge in [0.15, 0.2) is 12.4 Å². The fourth-order valence-corrected chi connectivity index (χ4v) is 3.72. The van der Waals surface area contributed by atoms with Crippen LogP contribution in [0, 0.1) is 0 Å². The van der Waals surface area contributed by atoms with Gasteiger partial charge in [-0.3, -0.25) is 4.79 Å². The van der Waals surface area contributed by atoms with Crippen LogP contribution in [0.4, 0.5) is 0 Å². The number of nitrogens with one attached hydrogen (secondary N) is 1. The molecule has 0 aromatic carbocycles. The zero-order valence-corrected chi connectivity index (χ0v) is 18.7. The van der Waals surface area contributed by atoms with E-state index in [0.717, 1.165) is 7.11 Å². The van der Waals surface area contributed by atoms with Gasteiger partial charge < -0.3 is 49.4 Å². The van der Waals surface area contributed by atoms with Gasteiger partial charge in [0.1, 0.15) is 43.2 Å². The van der Waals surface area contributed by atoms with Gasteiger partial charge in [-0.15, -0.1) is 0 Å². The zero-order chi connectivity index (χ0) is 25.0. The first kappa shape index (κ1) is 27.1. The van der Waals surface area contributed by atoms with Gasteiger partial charge in [-0.05, 0) is 13.8 Å². The molecule has 0 aliphatic carbocycles. The molecule has 0 aromatic rings. The lowest BCUT2D eigenvalue weighted by molar-refractivity contribution is -0.327. The van der Waals surface area contributed by atoms with Crippen LogP contribution in [0.5, 0.6) is 0 Å². The van der Waals surface area contributed by atoms with E-state index < -0.39 is 79.0 Å². The first-order valence-electron chi connectivity index (χ1n) is 10.2. The second-order valence-corrected chi connectivity index (χ2v) is 8.02. The number of carbonyl (C=O) groups is 3. The minimum atomic E-state index is -1.74. The van der Waals surface area contributed by atoms with Crippen molar-refractivity contribution in [3.05, 3.63) is 12.2 Å². The Balaban J connectivity index is 2.27. The Bertz CT molecular complexity index is 745. The van der Waals surface area contributed by atoms with Crippen molar-refractivity contribution in [2.45, 2.75) is 81.9 Å². The van der Waals surface area contributed by atoms with E-state index in [1.807, 2.05) is 0 Å². The predicted octanol–water partition coefficient (Wildman–Crippen LogP) is -2.31. The van der Waals surface area contributed by atoms with E-state index in [1.165, 1.54) is 13.8 Å². The monoisotopic (exact) mass is 477 g/mol. The summed E-state index contributed by atoms with van der Waals surface area (Å²) in [7, 11) is 1.15. The lowest BCUT2D eigenvalue weighted by Gasteiger charge is -2.47. The second kappa shape index (κ2) is 11.3. The number of methoxy groups -OCH3 is 1. The first-order chi connectivity index (χ1) is 15.4. The topological polar surface area (TPSA) is 190 Å². The normalized spacial score (nSPS) is 38.9. The molecule has 188 valence electrons. The van der Waals surface area contributed by atoms with Crippen molar-refractivity contribution in [2.75, 3.05) is 13.7 Å². The van der Waals surface area contributed by atoms with Gasteiger partial charge in [-0.2, -0.15) is 0 Å². The van der Waals surface area contributed by atoms with E-state index in [1.54, 1.807) is 6.92 Å². The highest BCUT2D eigenvalue weighted by molar-refractivity contribution is 5.86. The molecule has 0 saturated carbocycles. The molecule has 13 heteroatoms. The first-order valence-corrected chi connectivity index (χ1v) is 10.2. The van der Waals surface area contributed by atoms with Crippen LogP contribution in [-0.4, -0.2) is 113 Å². The summed E-state index contributed by atoms with van der Waals surface area (Å²) in [6.45, 7) is 7.34. The van der Waals surface area contributed by atoms with Gasteiger partial charge >= 0.3 is 11.9 Å². The Kier molecular flexibility index (Phi) is 9.31. The SMILES string of the molecule is C=C(C)C(=O)OCC1OC(C)[C@@H](NC(C)=O)[C@@H](OC2OC(C(=O)O)[C@@H](OC)[C@H](O)[C@@H]2O)[C@@H]1O. The third-order valence-corrected chi connectivity index (χ3v) is 5.42. The molecular formula is C20H31NO12. The third-order valence-electron chi connectivity index (χ3n) is 5.42. The van der Waals surface area contributed by atoms with Crippen molar-refractivity contribution in [1.82, 2.24) is 5.32 Å². The molecule has 2 heterocycles. The number of hydrogen-bond donors (Lipinski definition) is 5. The van der Waals surface area contributed by atoms with Gasteiger partial charge in [0.2, 0.25) is 5.91 Å². The molecule has 2 aliphatic heterocycles. The molecule has 2 aliphatic rings. The Hall–Kier alpha value is -2.13. The molecule has 2 fully saturated rings. The maximum atomic E-state index is 11.7. The van der Waals surface area contributed by atoms with E-state index in [4.69, 9.17) is 23.7 Å². The molecule has 2 rings (SSSR count). The molecule has 5 N–H and O–H groups in total. The molecule has 4 unspecified atom stereocenters. The molecule has 33 heavy (non-hydrogen) atoms. The van der Waals surface area contributed by atoms with Gasteiger partial charge in [-0.25, -0.2) is 9.59 Å². The minimum absolute atomic E-state index is 0.136. The number of amides is 1. The van der Waals surface area contributed by atoms with Crippen LogP contribution in [-0.2, 0) is 38.1 Å². The zero-order valence-electron chi connectivity index (χ0n) is 18.7. The third kappa shape index (κ3) is 6.26. The summed E-state index contributed by atoms with van der Waals surface area (Å²) >= 11 is 0. The Morgan fingerprint density at radius 3 is 2.18 bits per heavy atom. The Morgan fingerprint density at radius 1 is 1.03 bits per heavy atom. The van der Waals surface area contributed by atoms with Gasteiger partial charge in [-0.1, -0.05) is 6.58 Å². The van der Waals surface area contributed by atoms with Crippen LogP contribution in [0.25, 0.3) is 0 Å². The van der Waals surface area contributed by atoms with Crippen molar-refractivity contribution in [1.29, 1.82) is 0 Å². The summed E-state index contributed by atoms with van der Waals surface area (Å²) < 4.78 is 26.7. The van der Waals surface area contributed by atoms with Gasteiger partial charge in [0, 0.05) is 19.6 Å². The molecule has 0 aromatic heterocycles. The van der Waals surface area contributed by atoms with E-state index in [9.17, 15) is 34.8 Å². The van der Waals surface area contributed by atoms with E-state index in [2.05, 4.69) is 11.9 Å². The van der Waals surface area contributed by atoms with Crippen molar-refractivity contribution in [3.8, 4) is 0 Å². The predicted molar refractivity (Wildman–Crippen MR) is 108 cm³/mol. The quantitative estimate of drug-likeness (QED) is 0.186. The number of rotatable bonds is 8. The maximum absolute atomic E-state index is 11.7. The van der Waals surface area contributed by atoms with Gasteiger partial charge in [0.25, 0.3) is 0 Å². The Morgan fingerprint density at radius 2 is 1.67 bits per heavy atom. The lowest BCUT2D eigenvalue weighted by atomic mass is 9.92. The number of esters is 1. The number of carboxylic acid groups (broad SMARTS) is 1. The van der Waals surface area contributed by atoms with Crippen molar-refractivity contribution < 1.29 is 58.5 Å². The van der Waals surface area contributed by atoms with Gasteiger partial charge in [0.05, 0.1) is 12.1 Å². The molecule has 0 spiro atoms. The number of hydrogen-bond acceptors (Lipinski definition) is 11. The number of carboxylic acids is 1. The largest absolute Gasteiger partial charge is 0.479 e. The number of aliphatic hydroxyl groups excluding tert-OH is 3. The molecule has 13 nitrogen and oxygen atoms in total. The lowest BCUT2D eigenvalue weighted by Crippen LogP contribution is -2.67. The van der Waals surface area contributed by atoms with E-state index in [0.29, 0.717) is 0 Å². The van der Waals surface area contributed by atoms with Crippen LogP contribution >= 0.6 is 0 Å². The number of carbonyl (C=O) groups excluding carboxylic acids is 2. The number of ether oxygens (including phenoxy) is 5. The Labute approximate surface area is 190 Å². The van der Waals surface area contributed by atoms with Crippen molar-refractivity contribution in [2.24, 2.45) is 0 Å². The molecule has 1 amide bonds. The summed E-state index contributed by atoms with van der Waals surface area (Å²) in [5.74, 6) is -2.65. The number of aliphatic carboxylic acids is 1. The fraction of sp³-hybridized carbons (Fsp3) is 0.750. The highest BCUT2D eigenvalue weighted by Gasteiger charge is 2.52. The summed E-state index contributed by atoms with van der Waals surface area (Å²) in [4.78, 5) is 35.0. The van der Waals surface area contributed by atoms with Crippen LogP contribution in [0.15, 0.2) is 12.2 Å². The average molecular weight is 477 g/mol. The van der Waals surface area contributed by atoms with E-state index in [-0.39, 0.29) is 12.2 Å². The molecule has 10 atom stereocenters. The van der Waals surface area contributed by atoms with Crippen molar-refractivity contribution >= 4 is 17.8 Å². The fourth-order valence-electron chi connectivity index (χ4n) is 3.72. The number of aliphatic hydroxyl groups is 3. The molecule has 0 radical (unpaired) electrons. The van der Waals surface area contributed by atoms with Crippen LogP contribution in [0.1, 0.15) is 20.8 Å². The summed E-state index contributed by atoms with van der Waals surface area (Å²) in [5, 5.41) is 43.6. The molecule has 0 bridgehead atoms. The second-order valence-electron chi connectivity index (χ2n) is 8.02. The van der Waals surface area contributed by atoms with Crippen molar-refractivity contribution in [3.63, 3.8) is 0 Å². The minimum Gasteiger partial charge on any atom is -0.479 e. The van der Waals surface area contributed by atoms with E-state index >= 15 is 0 Å². The smallest absolute Gasteiger partial charge is 0.335 e. The summed E-state index contributed by atoms with van der Waals surface area (Å²) in [6.07, 6.45) is -12.8. The highest BCUT2D eigenvalue weighted by atomic mass is 16.7. The molecular weight excluding hydrogens is 446 g/mol. The van der Waals surface area contributed by atoms with Crippen LogP contribution in [0.2, 0.25) is 0 Å². The summed E-state index contributed by atoms with van der Waals surface area (Å²) in [6, 6.07) is -0.957. The molecule has 2 saturated heterocycles.